The van der Waals surface area contributed by atoms with E-state index in [0.29, 0.717) is 0 Å². The number of fused-ring (bicyclic) bond motifs is 1. The maximum atomic E-state index is 12.8. The van der Waals surface area contributed by atoms with E-state index in [4.69, 9.17) is 0 Å². The molecule has 0 aromatic carbocycles. The van der Waals surface area contributed by atoms with E-state index in [1.807, 2.05) is 0 Å². The van der Waals surface area contributed by atoms with E-state index in [-0.39, 0.29) is 0 Å². The van der Waals surface area contributed by atoms with E-state index >= 15 is 0 Å². The van der Waals surface area contributed by atoms with Crippen LogP contribution in [0.4, 0.5) is 4.39 Å². The molecule has 2 aliphatic rings. The molecule has 0 bridgehead atoms. The van der Waals surface area contributed by atoms with Crippen molar-refractivity contribution in [2.45, 2.75) is 44.7 Å². The Morgan fingerprint density at radius 1 is 0.900 bits per heavy atom. The number of halogens is 1. The lowest BCUT2D eigenvalue weighted by atomic mass is 9.81. The van der Waals surface area contributed by atoms with E-state index in [2.05, 4.69) is 0 Å². The van der Waals surface area contributed by atoms with Crippen molar-refractivity contribution in [3.05, 3.63) is 0 Å². The maximum absolute atomic E-state index is 12.8. The van der Waals surface area contributed by atoms with Crippen LogP contribution in [-0.4, -0.2) is 6.17 Å². The number of hydrogen-bond donors (Lipinski definition) is 0. The summed E-state index contributed by atoms with van der Waals surface area (Å²) in [5, 5.41) is 0. The quantitative estimate of drug-likeness (QED) is 0.488. The summed E-state index contributed by atoms with van der Waals surface area (Å²) in [6.07, 6.45) is 6.50. The predicted molar refractivity (Wildman–Crippen MR) is 39.6 cm³/mol. The highest BCUT2D eigenvalue weighted by Crippen LogP contribution is 2.42. The van der Waals surface area contributed by atoms with Crippen molar-refractivity contribution in [2.24, 2.45) is 11.8 Å². The average Bonchev–Trinajstić information content (AvgIpc) is 2.33. The van der Waals surface area contributed by atoms with Gasteiger partial charge in [-0.05, 0) is 31.1 Å². The van der Waals surface area contributed by atoms with Gasteiger partial charge in [-0.2, -0.15) is 0 Å². The summed E-state index contributed by atoms with van der Waals surface area (Å²) in [4.78, 5) is 0. The van der Waals surface area contributed by atoms with Crippen molar-refractivity contribution in [1.82, 2.24) is 0 Å². The fourth-order valence-electron chi connectivity index (χ4n) is 2.65. The first-order chi connectivity index (χ1) is 4.86. The van der Waals surface area contributed by atoms with Gasteiger partial charge in [0.15, 0.2) is 0 Å². The Kier molecular flexibility index (Phi) is 1.67. The van der Waals surface area contributed by atoms with E-state index in [9.17, 15) is 4.39 Å². The van der Waals surface area contributed by atoms with Crippen LogP contribution in [0.5, 0.6) is 0 Å². The molecule has 0 radical (unpaired) electrons. The van der Waals surface area contributed by atoms with Gasteiger partial charge in [0, 0.05) is 0 Å². The summed E-state index contributed by atoms with van der Waals surface area (Å²) in [5.74, 6) is 1.68. The Bertz CT molecular complexity index is 122. The van der Waals surface area contributed by atoms with Gasteiger partial charge >= 0.3 is 0 Å². The normalized spacial score (nSPS) is 47.1. The Balaban J connectivity index is 1.96. The van der Waals surface area contributed by atoms with Crippen molar-refractivity contribution >= 4 is 0 Å². The fourth-order valence-corrected chi connectivity index (χ4v) is 2.65. The minimum absolute atomic E-state index is 0.459. The highest BCUT2D eigenvalue weighted by atomic mass is 19.1. The molecule has 10 heavy (non-hydrogen) atoms. The smallest absolute Gasteiger partial charge is 0.100 e. The Labute approximate surface area is 61.8 Å². The first kappa shape index (κ1) is 6.63. The average molecular weight is 142 g/mol. The molecule has 2 aliphatic carbocycles. The van der Waals surface area contributed by atoms with Crippen molar-refractivity contribution < 1.29 is 4.39 Å². The Hall–Kier alpha value is -0.0700. The van der Waals surface area contributed by atoms with Gasteiger partial charge in [-0.1, -0.05) is 19.3 Å². The van der Waals surface area contributed by atoms with E-state index in [1.54, 1.807) is 0 Å². The van der Waals surface area contributed by atoms with Gasteiger partial charge in [-0.15, -0.1) is 0 Å². The number of hydrogen-bond acceptors (Lipinski definition) is 0. The van der Waals surface area contributed by atoms with Crippen LogP contribution >= 0.6 is 0 Å². The molecular formula is C9H15F. The van der Waals surface area contributed by atoms with Gasteiger partial charge in [0.25, 0.3) is 0 Å². The molecule has 0 spiro atoms. The standard InChI is InChI=1S/C9H15F/c10-9-5-4-7-2-1-3-8(7)6-9/h7-9H,1-6H2. The molecule has 1 heteroatoms. The van der Waals surface area contributed by atoms with Crippen LogP contribution in [0.15, 0.2) is 0 Å². The van der Waals surface area contributed by atoms with Gasteiger partial charge in [0.2, 0.25) is 0 Å². The molecule has 2 rings (SSSR count). The second kappa shape index (κ2) is 2.52. The van der Waals surface area contributed by atoms with Gasteiger partial charge in [-0.25, -0.2) is 4.39 Å². The molecule has 2 fully saturated rings. The molecule has 0 N–H and O–H groups in total. The van der Waals surface area contributed by atoms with Crippen LogP contribution < -0.4 is 0 Å². The van der Waals surface area contributed by atoms with Crippen LogP contribution in [0, 0.1) is 11.8 Å². The first-order valence-corrected chi connectivity index (χ1v) is 4.50. The van der Waals surface area contributed by atoms with Crippen molar-refractivity contribution in [2.75, 3.05) is 0 Å². The topological polar surface area (TPSA) is 0 Å². The van der Waals surface area contributed by atoms with Crippen LogP contribution in [0.3, 0.4) is 0 Å². The van der Waals surface area contributed by atoms with Gasteiger partial charge < -0.3 is 0 Å². The molecule has 0 saturated heterocycles. The number of alkyl halides is 1. The predicted octanol–water partition coefficient (Wildman–Crippen LogP) is 2.92. The van der Waals surface area contributed by atoms with Gasteiger partial charge in [0.1, 0.15) is 6.17 Å². The summed E-state index contributed by atoms with van der Waals surface area (Å²) in [6.45, 7) is 0. The summed E-state index contributed by atoms with van der Waals surface area (Å²) in [7, 11) is 0. The Morgan fingerprint density at radius 2 is 1.70 bits per heavy atom. The largest absolute Gasteiger partial charge is 0.247 e. The van der Waals surface area contributed by atoms with E-state index in [1.165, 1.54) is 25.7 Å². The minimum atomic E-state index is -0.459. The lowest BCUT2D eigenvalue weighted by molar-refractivity contribution is 0.161. The number of rotatable bonds is 0. The molecule has 3 atom stereocenters. The van der Waals surface area contributed by atoms with Crippen LogP contribution in [0.2, 0.25) is 0 Å². The van der Waals surface area contributed by atoms with Crippen LogP contribution in [0.25, 0.3) is 0 Å². The molecule has 0 heterocycles. The first-order valence-electron chi connectivity index (χ1n) is 4.50. The SMILES string of the molecule is FC1CCC2CCCC2C1. The third-order valence-electron chi connectivity index (χ3n) is 3.23. The van der Waals surface area contributed by atoms with E-state index < -0.39 is 6.17 Å². The van der Waals surface area contributed by atoms with Crippen molar-refractivity contribution in [1.29, 1.82) is 0 Å². The van der Waals surface area contributed by atoms with Crippen LogP contribution in [-0.2, 0) is 0 Å². The lowest BCUT2D eigenvalue weighted by Gasteiger charge is -2.27. The summed E-state index contributed by atoms with van der Waals surface area (Å²) in [5.41, 5.74) is 0. The molecular weight excluding hydrogens is 127 g/mol. The molecule has 0 aromatic heterocycles. The molecule has 0 amide bonds. The Morgan fingerprint density at radius 3 is 2.60 bits per heavy atom. The van der Waals surface area contributed by atoms with Gasteiger partial charge in [0.05, 0.1) is 0 Å². The summed E-state index contributed by atoms with van der Waals surface area (Å²) in [6, 6.07) is 0. The summed E-state index contributed by atoms with van der Waals surface area (Å²) >= 11 is 0. The third-order valence-corrected chi connectivity index (χ3v) is 3.23. The molecule has 2 saturated carbocycles. The monoisotopic (exact) mass is 142 g/mol. The van der Waals surface area contributed by atoms with Crippen molar-refractivity contribution in [3.63, 3.8) is 0 Å². The molecule has 0 aromatic rings. The molecule has 58 valence electrons. The molecule has 3 unspecified atom stereocenters. The zero-order valence-electron chi connectivity index (χ0n) is 6.35. The highest BCUT2D eigenvalue weighted by Gasteiger charge is 2.33. The molecule has 0 nitrogen and oxygen atoms in total. The maximum Gasteiger partial charge on any atom is 0.100 e. The minimum Gasteiger partial charge on any atom is -0.247 e. The zero-order chi connectivity index (χ0) is 6.97. The zero-order valence-corrected chi connectivity index (χ0v) is 6.35. The summed E-state index contributed by atoms with van der Waals surface area (Å²) < 4.78 is 12.8. The van der Waals surface area contributed by atoms with Crippen LogP contribution in [0.1, 0.15) is 38.5 Å². The second-order valence-electron chi connectivity index (χ2n) is 3.86. The lowest BCUT2D eigenvalue weighted by Crippen LogP contribution is -2.21. The molecule has 0 aliphatic heterocycles. The van der Waals surface area contributed by atoms with E-state index in [0.717, 1.165) is 24.7 Å². The highest BCUT2D eigenvalue weighted by molar-refractivity contribution is 4.84. The van der Waals surface area contributed by atoms with Crippen molar-refractivity contribution in [3.8, 4) is 0 Å². The fraction of sp³-hybridized carbons (Fsp3) is 1.00. The third kappa shape index (κ3) is 1.06. The van der Waals surface area contributed by atoms with Gasteiger partial charge in [-0.3, -0.25) is 0 Å². The second-order valence-corrected chi connectivity index (χ2v) is 3.86.